The van der Waals surface area contributed by atoms with Gasteiger partial charge in [0.05, 0.1) is 0 Å². The zero-order valence-electron chi connectivity index (χ0n) is 14.9. The molecular formula is C19H36N2O. The van der Waals surface area contributed by atoms with Gasteiger partial charge in [-0.2, -0.15) is 0 Å². The maximum Gasteiger partial charge on any atom is 0.0494 e. The molecule has 3 aliphatic rings. The van der Waals surface area contributed by atoms with E-state index in [-0.39, 0.29) is 0 Å². The van der Waals surface area contributed by atoms with Crippen LogP contribution in [0.3, 0.4) is 0 Å². The first kappa shape index (κ1) is 16.7. The molecule has 0 aromatic rings. The third-order valence-corrected chi connectivity index (χ3v) is 6.69. The molecule has 3 rings (SSSR count). The van der Waals surface area contributed by atoms with Crippen molar-refractivity contribution >= 4 is 0 Å². The third-order valence-electron chi connectivity index (χ3n) is 6.69. The molecule has 0 atom stereocenters. The molecule has 0 unspecified atom stereocenters. The topological polar surface area (TPSA) is 15.7 Å². The lowest BCUT2D eigenvalue weighted by Gasteiger charge is -2.48. The molecule has 22 heavy (non-hydrogen) atoms. The Bertz CT molecular complexity index is 322. The van der Waals surface area contributed by atoms with Crippen molar-refractivity contribution in [1.82, 2.24) is 9.80 Å². The fourth-order valence-corrected chi connectivity index (χ4v) is 4.86. The van der Waals surface area contributed by atoms with E-state index in [9.17, 15) is 0 Å². The first-order valence-electron chi connectivity index (χ1n) is 9.75. The molecule has 0 radical (unpaired) electrons. The van der Waals surface area contributed by atoms with E-state index in [0.717, 1.165) is 25.0 Å². The Balaban J connectivity index is 1.33. The normalized spacial score (nSPS) is 33.0. The highest BCUT2D eigenvalue weighted by molar-refractivity contribution is 4.91. The minimum absolute atomic E-state index is 0.708. The van der Waals surface area contributed by atoms with Gasteiger partial charge in [0.1, 0.15) is 0 Å². The third kappa shape index (κ3) is 4.04. The number of nitrogens with zero attached hydrogens (tertiary/aromatic N) is 2. The molecule has 3 fully saturated rings. The average Bonchev–Trinajstić information content (AvgIpc) is 2.52. The van der Waals surface area contributed by atoms with Crippen molar-refractivity contribution in [2.75, 3.05) is 52.5 Å². The monoisotopic (exact) mass is 308 g/mol. The SMILES string of the molecule is CCOCC1CC(CN2CCC3(CCN(CC)CC3)CC2)C1. The van der Waals surface area contributed by atoms with Crippen molar-refractivity contribution in [2.45, 2.75) is 52.4 Å². The number of ether oxygens (including phenoxy) is 1. The van der Waals surface area contributed by atoms with Crippen molar-refractivity contribution in [1.29, 1.82) is 0 Å². The van der Waals surface area contributed by atoms with Gasteiger partial charge in [0.25, 0.3) is 0 Å². The maximum absolute atomic E-state index is 5.55. The summed E-state index contributed by atoms with van der Waals surface area (Å²) < 4.78 is 5.55. The summed E-state index contributed by atoms with van der Waals surface area (Å²) in [6, 6.07) is 0. The smallest absolute Gasteiger partial charge is 0.0494 e. The van der Waals surface area contributed by atoms with Crippen LogP contribution < -0.4 is 0 Å². The predicted molar refractivity (Wildman–Crippen MR) is 92.2 cm³/mol. The summed E-state index contributed by atoms with van der Waals surface area (Å²) in [5.41, 5.74) is 0.708. The molecule has 3 heteroatoms. The van der Waals surface area contributed by atoms with Crippen LogP contribution in [0.1, 0.15) is 52.4 Å². The largest absolute Gasteiger partial charge is 0.381 e. The highest BCUT2D eigenvalue weighted by Gasteiger charge is 2.38. The second kappa shape index (κ2) is 7.63. The van der Waals surface area contributed by atoms with E-state index < -0.39 is 0 Å². The van der Waals surface area contributed by atoms with Gasteiger partial charge in [-0.1, -0.05) is 6.92 Å². The number of piperidine rings is 2. The zero-order chi connectivity index (χ0) is 15.4. The molecule has 1 aliphatic carbocycles. The molecule has 1 spiro atoms. The van der Waals surface area contributed by atoms with E-state index in [2.05, 4.69) is 23.6 Å². The van der Waals surface area contributed by atoms with E-state index in [1.54, 1.807) is 0 Å². The standard InChI is InChI=1S/C19H36N2O/c1-3-20-9-5-19(6-10-20)7-11-21(12-8-19)15-17-13-18(14-17)16-22-4-2/h17-18H,3-16H2,1-2H3. The predicted octanol–water partition coefficient (Wildman–Crippen LogP) is 3.25. The summed E-state index contributed by atoms with van der Waals surface area (Å²) in [5.74, 6) is 1.82. The van der Waals surface area contributed by atoms with Crippen LogP contribution in [0, 0.1) is 17.3 Å². The number of rotatable bonds is 6. The Hall–Kier alpha value is -0.120. The molecule has 1 saturated carbocycles. The van der Waals surface area contributed by atoms with Crippen LogP contribution in [0.25, 0.3) is 0 Å². The van der Waals surface area contributed by atoms with Crippen molar-refractivity contribution in [3.8, 4) is 0 Å². The maximum atomic E-state index is 5.55. The van der Waals surface area contributed by atoms with Crippen LogP contribution in [-0.4, -0.2) is 62.3 Å². The summed E-state index contributed by atoms with van der Waals surface area (Å²) in [7, 11) is 0. The van der Waals surface area contributed by atoms with Crippen LogP contribution in [-0.2, 0) is 4.74 Å². The zero-order valence-corrected chi connectivity index (χ0v) is 14.9. The van der Waals surface area contributed by atoms with Crippen molar-refractivity contribution in [3.05, 3.63) is 0 Å². The van der Waals surface area contributed by atoms with Gasteiger partial charge in [-0.25, -0.2) is 0 Å². The Morgan fingerprint density at radius 2 is 1.45 bits per heavy atom. The summed E-state index contributed by atoms with van der Waals surface area (Å²) in [5, 5.41) is 0. The van der Waals surface area contributed by atoms with E-state index in [1.807, 2.05) is 0 Å². The molecule has 128 valence electrons. The van der Waals surface area contributed by atoms with Crippen LogP contribution >= 0.6 is 0 Å². The summed E-state index contributed by atoms with van der Waals surface area (Å²) in [4.78, 5) is 5.39. The average molecular weight is 309 g/mol. The van der Waals surface area contributed by atoms with E-state index in [4.69, 9.17) is 4.74 Å². The van der Waals surface area contributed by atoms with Gasteiger partial charge in [-0.05, 0) is 95.4 Å². The van der Waals surface area contributed by atoms with E-state index >= 15 is 0 Å². The molecule has 0 amide bonds. The quantitative estimate of drug-likeness (QED) is 0.749. The van der Waals surface area contributed by atoms with Gasteiger partial charge in [0.2, 0.25) is 0 Å². The van der Waals surface area contributed by atoms with Gasteiger partial charge < -0.3 is 14.5 Å². The Morgan fingerprint density at radius 3 is 2.00 bits per heavy atom. The van der Waals surface area contributed by atoms with Crippen LogP contribution in [0.2, 0.25) is 0 Å². The molecule has 2 aliphatic heterocycles. The van der Waals surface area contributed by atoms with Gasteiger partial charge in [-0.15, -0.1) is 0 Å². The molecule has 3 nitrogen and oxygen atoms in total. The Labute approximate surface area is 137 Å². The highest BCUT2D eigenvalue weighted by Crippen LogP contribution is 2.42. The van der Waals surface area contributed by atoms with Crippen molar-refractivity contribution in [2.24, 2.45) is 17.3 Å². The molecule has 0 bridgehead atoms. The van der Waals surface area contributed by atoms with Crippen LogP contribution in [0.15, 0.2) is 0 Å². The van der Waals surface area contributed by atoms with Crippen molar-refractivity contribution in [3.63, 3.8) is 0 Å². The fourth-order valence-electron chi connectivity index (χ4n) is 4.86. The Morgan fingerprint density at radius 1 is 0.864 bits per heavy atom. The minimum atomic E-state index is 0.708. The molecule has 2 heterocycles. The molecule has 0 aromatic heterocycles. The Kier molecular flexibility index (Phi) is 5.80. The van der Waals surface area contributed by atoms with E-state index in [0.29, 0.717) is 5.41 Å². The molecule has 0 N–H and O–H groups in total. The minimum Gasteiger partial charge on any atom is -0.381 e. The second-order valence-electron chi connectivity index (χ2n) is 8.10. The van der Waals surface area contributed by atoms with Gasteiger partial charge >= 0.3 is 0 Å². The lowest BCUT2D eigenvalue weighted by molar-refractivity contribution is 0.00614. The first-order valence-corrected chi connectivity index (χ1v) is 9.75. The van der Waals surface area contributed by atoms with Crippen LogP contribution in [0.4, 0.5) is 0 Å². The molecule has 2 saturated heterocycles. The summed E-state index contributed by atoms with van der Waals surface area (Å²) in [6.07, 6.45) is 8.64. The molecule has 0 aromatic carbocycles. The lowest BCUT2D eigenvalue weighted by atomic mass is 9.70. The molecular weight excluding hydrogens is 272 g/mol. The van der Waals surface area contributed by atoms with Gasteiger partial charge in [-0.3, -0.25) is 0 Å². The summed E-state index contributed by atoms with van der Waals surface area (Å²) in [6.45, 7) is 14.3. The van der Waals surface area contributed by atoms with Gasteiger partial charge in [0.15, 0.2) is 0 Å². The lowest BCUT2D eigenvalue weighted by Crippen LogP contribution is -2.48. The van der Waals surface area contributed by atoms with Gasteiger partial charge in [0, 0.05) is 19.8 Å². The fraction of sp³-hybridized carbons (Fsp3) is 1.00. The number of likely N-dealkylation sites (tertiary alicyclic amines) is 2. The number of hydrogen-bond acceptors (Lipinski definition) is 3. The summed E-state index contributed by atoms with van der Waals surface area (Å²) >= 11 is 0. The first-order chi connectivity index (χ1) is 10.7. The highest BCUT2D eigenvalue weighted by atomic mass is 16.5. The van der Waals surface area contributed by atoms with Crippen LogP contribution in [0.5, 0.6) is 0 Å². The van der Waals surface area contributed by atoms with E-state index in [1.165, 1.54) is 77.8 Å². The number of hydrogen-bond donors (Lipinski definition) is 0. The second-order valence-corrected chi connectivity index (χ2v) is 8.10. The van der Waals surface area contributed by atoms with Crippen molar-refractivity contribution < 1.29 is 4.74 Å².